The molecule has 1 amide bonds. The zero-order valence-electron chi connectivity index (χ0n) is 21.6. The first-order chi connectivity index (χ1) is 17.7. The number of sulfonamides is 1. The lowest BCUT2D eigenvalue weighted by Crippen LogP contribution is -2.41. The molecule has 0 spiro atoms. The molecule has 1 N–H and O–H groups in total. The van der Waals surface area contributed by atoms with E-state index in [0.29, 0.717) is 24.5 Å². The first kappa shape index (κ1) is 27.9. The number of para-hydroxylation sites is 2. The average molecular weight is 527 g/mol. The van der Waals surface area contributed by atoms with Crippen LogP contribution in [0.5, 0.6) is 17.2 Å². The predicted molar refractivity (Wildman–Crippen MR) is 144 cm³/mol. The fourth-order valence-corrected chi connectivity index (χ4v) is 5.16. The van der Waals surface area contributed by atoms with Gasteiger partial charge in [0.1, 0.15) is 23.8 Å². The monoisotopic (exact) mass is 526 g/mol. The molecule has 0 bridgehead atoms. The summed E-state index contributed by atoms with van der Waals surface area (Å²) < 4.78 is 44.4. The molecule has 0 atom stereocenters. The van der Waals surface area contributed by atoms with Crippen molar-refractivity contribution in [2.75, 3.05) is 31.6 Å². The van der Waals surface area contributed by atoms with Gasteiger partial charge in [-0.2, -0.15) is 0 Å². The van der Waals surface area contributed by atoms with Crippen molar-refractivity contribution in [3.63, 3.8) is 0 Å². The summed E-state index contributed by atoms with van der Waals surface area (Å²) in [6, 6.07) is 20.6. The molecule has 3 aromatic carbocycles. The molecule has 0 saturated carbocycles. The fourth-order valence-electron chi connectivity index (χ4n) is 3.72. The molecule has 0 aliphatic carbocycles. The number of ether oxygens (including phenoxy) is 3. The van der Waals surface area contributed by atoms with Gasteiger partial charge in [0.2, 0.25) is 5.91 Å². The number of nitrogens with one attached hydrogen (secondary N) is 1. The zero-order valence-corrected chi connectivity index (χ0v) is 22.5. The third kappa shape index (κ3) is 7.63. The lowest BCUT2D eigenvalue weighted by atomic mass is 10.1. The number of rotatable bonds is 13. The second-order valence-electron chi connectivity index (χ2n) is 8.62. The van der Waals surface area contributed by atoms with Crippen LogP contribution in [-0.2, 0) is 21.2 Å². The van der Waals surface area contributed by atoms with Crippen LogP contribution in [0.4, 0.5) is 5.69 Å². The Morgan fingerprint density at radius 3 is 2.16 bits per heavy atom. The van der Waals surface area contributed by atoms with Gasteiger partial charge >= 0.3 is 0 Å². The van der Waals surface area contributed by atoms with Crippen LogP contribution < -0.4 is 23.8 Å². The van der Waals surface area contributed by atoms with E-state index in [4.69, 9.17) is 14.2 Å². The number of aryl methyl sites for hydroxylation is 1. The zero-order chi connectivity index (χ0) is 26.8. The minimum absolute atomic E-state index is 0.0388. The summed E-state index contributed by atoms with van der Waals surface area (Å²) in [4.78, 5) is 12.9. The first-order valence-electron chi connectivity index (χ1n) is 12.1. The van der Waals surface area contributed by atoms with Crippen molar-refractivity contribution >= 4 is 21.6 Å². The number of nitrogens with zero attached hydrogens (tertiary/aromatic N) is 1. The van der Waals surface area contributed by atoms with Gasteiger partial charge in [-0.3, -0.25) is 9.10 Å². The maximum absolute atomic E-state index is 13.6. The molecule has 198 valence electrons. The number of hydrogen-bond donors (Lipinski definition) is 1. The third-order valence-electron chi connectivity index (χ3n) is 5.55. The number of methoxy groups -OCH3 is 2. The fraction of sp³-hybridized carbons (Fsp3) is 0.321. The Hall–Kier alpha value is -3.72. The molecule has 0 radical (unpaired) electrons. The molecule has 37 heavy (non-hydrogen) atoms. The van der Waals surface area contributed by atoms with E-state index >= 15 is 0 Å². The van der Waals surface area contributed by atoms with E-state index in [-0.39, 0.29) is 16.7 Å². The quantitative estimate of drug-likeness (QED) is 0.331. The summed E-state index contributed by atoms with van der Waals surface area (Å²) >= 11 is 0. The van der Waals surface area contributed by atoms with Gasteiger partial charge in [-0.25, -0.2) is 8.42 Å². The van der Waals surface area contributed by atoms with Crippen LogP contribution in [0.15, 0.2) is 77.7 Å². The van der Waals surface area contributed by atoms with Crippen LogP contribution >= 0.6 is 0 Å². The van der Waals surface area contributed by atoms with Gasteiger partial charge in [-0.05, 0) is 80.8 Å². The standard InChI is InChI=1S/C28H34N2O6S/c1-21(2)36-24-13-11-22(12-14-24)8-7-19-29-28(31)20-30(26-9-5-6-10-27(26)35-4)37(32,33)25-17-15-23(34-3)16-18-25/h5-6,9-18,21H,7-8,19-20H2,1-4H3,(H,29,31). The van der Waals surface area contributed by atoms with Crippen molar-refractivity contribution in [1.82, 2.24) is 5.32 Å². The second kappa shape index (κ2) is 13.0. The molecule has 0 unspecified atom stereocenters. The highest BCUT2D eigenvalue weighted by Gasteiger charge is 2.29. The SMILES string of the molecule is COc1ccc(S(=O)(=O)N(CC(=O)NCCCc2ccc(OC(C)C)cc2)c2ccccc2OC)cc1. The van der Waals surface area contributed by atoms with Gasteiger partial charge < -0.3 is 19.5 Å². The topological polar surface area (TPSA) is 94.2 Å². The Morgan fingerprint density at radius 1 is 0.892 bits per heavy atom. The highest BCUT2D eigenvalue weighted by Crippen LogP contribution is 2.32. The Bertz CT molecular complexity index is 1260. The van der Waals surface area contributed by atoms with E-state index in [1.54, 1.807) is 36.4 Å². The lowest BCUT2D eigenvalue weighted by molar-refractivity contribution is -0.119. The molecule has 9 heteroatoms. The summed E-state index contributed by atoms with van der Waals surface area (Å²) in [5, 5.41) is 2.84. The van der Waals surface area contributed by atoms with E-state index in [0.717, 1.165) is 22.0 Å². The molecule has 0 aliphatic heterocycles. The molecule has 8 nitrogen and oxygen atoms in total. The van der Waals surface area contributed by atoms with Gasteiger partial charge in [0, 0.05) is 6.54 Å². The molecular formula is C28H34N2O6S. The summed E-state index contributed by atoms with van der Waals surface area (Å²) in [7, 11) is -1.11. The average Bonchev–Trinajstić information content (AvgIpc) is 2.90. The molecule has 0 aromatic heterocycles. The van der Waals surface area contributed by atoms with Crippen LogP contribution in [0.2, 0.25) is 0 Å². The van der Waals surface area contributed by atoms with Crippen molar-refractivity contribution in [1.29, 1.82) is 0 Å². The van der Waals surface area contributed by atoms with Crippen molar-refractivity contribution < 1.29 is 27.4 Å². The van der Waals surface area contributed by atoms with E-state index < -0.39 is 22.5 Å². The number of anilines is 1. The first-order valence-corrected chi connectivity index (χ1v) is 13.5. The molecule has 0 fully saturated rings. The van der Waals surface area contributed by atoms with E-state index in [9.17, 15) is 13.2 Å². The number of hydrogen-bond acceptors (Lipinski definition) is 6. The summed E-state index contributed by atoms with van der Waals surface area (Å²) in [5.41, 5.74) is 1.41. The summed E-state index contributed by atoms with van der Waals surface area (Å²) in [5.74, 6) is 1.28. The minimum atomic E-state index is -4.07. The van der Waals surface area contributed by atoms with Gasteiger partial charge in [-0.15, -0.1) is 0 Å². The highest BCUT2D eigenvalue weighted by molar-refractivity contribution is 7.92. The number of carbonyl (C=O) groups is 1. The smallest absolute Gasteiger partial charge is 0.264 e. The maximum Gasteiger partial charge on any atom is 0.264 e. The van der Waals surface area contributed by atoms with E-state index in [1.807, 2.05) is 38.1 Å². The number of carbonyl (C=O) groups excluding carboxylic acids is 1. The third-order valence-corrected chi connectivity index (χ3v) is 7.32. The van der Waals surface area contributed by atoms with Crippen LogP contribution in [0, 0.1) is 0 Å². The molecule has 0 saturated heterocycles. The molecule has 0 heterocycles. The van der Waals surface area contributed by atoms with Crippen LogP contribution in [0.25, 0.3) is 0 Å². The van der Waals surface area contributed by atoms with Gasteiger partial charge in [-0.1, -0.05) is 24.3 Å². The second-order valence-corrected chi connectivity index (χ2v) is 10.5. The molecule has 0 aliphatic rings. The van der Waals surface area contributed by atoms with Crippen molar-refractivity contribution in [3.8, 4) is 17.2 Å². The van der Waals surface area contributed by atoms with Gasteiger partial charge in [0.15, 0.2) is 0 Å². The number of benzene rings is 3. The van der Waals surface area contributed by atoms with E-state index in [1.165, 1.54) is 26.4 Å². The Morgan fingerprint density at radius 2 is 1.54 bits per heavy atom. The van der Waals surface area contributed by atoms with Crippen LogP contribution in [-0.4, -0.2) is 47.7 Å². The molecule has 3 rings (SSSR count). The highest BCUT2D eigenvalue weighted by atomic mass is 32.2. The Kier molecular flexibility index (Phi) is 9.79. The number of amides is 1. The van der Waals surface area contributed by atoms with E-state index in [2.05, 4.69) is 5.32 Å². The lowest BCUT2D eigenvalue weighted by Gasteiger charge is -2.25. The van der Waals surface area contributed by atoms with Crippen LogP contribution in [0.1, 0.15) is 25.8 Å². The predicted octanol–water partition coefficient (Wildman–Crippen LogP) is 4.44. The Labute approximate surface area is 219 Å². The Balaban J connectivity index is 1.68. The normalized spacial score (nSPS) is 11.2. The van der Waals surface area contributed by atoms with Crippen molar-refractivity contribution in [3.05, 3.63) is 78.4 Å². The van der Waals surface area contributed by atoms with Crippen molar-refractivity contribution in [2.45, 2.75) is 37.7 Å². The largest absolute Gasteiger partial charge is 0.497 e. The van der Waals surface area contributed by atoms with Gasteiger partial charge in [0.25, 0.3) is 10.0 Å². The summed E-state index contributed by atoms with van der Waals surface area (Å²) in [6.45, 7) is 3.98. The minimum Gasteiger partial charge on any atom is -0.497 e. The van der Waals surface area contributed by atoms with Gasteiger partial charge in [0.05, 0.1) is 30.9 Å². The maximum atomic E-state index is 13.6. The van der Waals surface area contributed by atoms with Crippen molar-refractivity contribution in [2.24, 2.45) is 0 Å². The van der Waals surface area contributed by atoms with Crippen LogP contribution in [0.3, 0.4) is 0 Å². The molecule has 3 aromatic rings. The molecular weight excluding hydrogens is 492 g/mol. The summed E-state index contributed by atoms with van der Waals surface area (Å²) in [6.07, 6.45) is 1.59.